The summed E-state index contributed by atoms with van der Waals surface area (Å²) in [5, 5.41) is 2.21. The minimum Gasteiger partial charge on any atom is -0.457 e. The molecule has 3 heterocycles. The average Bonchev–Trinajstić information content (AvgIpc) is 3.30. The van der Waals surface area contributed by atoms with Crippen LogP contribution in [0.1, 0.15) is 11.1 Å². The molecule has 2 aromatic carbocycles. The first-order valence-electron chi connectivity index (χ1n) is 8.64. The fraction of sp³-hybridized carbons (Fsp3) is 0.136. The van der Waals surface area contributed by atoms with Gasteiger partial charge in [0.15, 0.2) is 0 Å². The predicted molar refractivity (Wildman–Crippen MR) is 104 cm³/mol. The van der Waals surface area contributed by atoms with Gasteiger partial charge in [0, 0.05) is 65.0 Å². The van der Waals surface area contributed by atoms with Crippen molar-refractivity contribution in [1.29, 1.82) is 0 Å². The standard InChI is InChI=1S/C22H18N2O2/c1-23-11-16(14-7-3-5-9-19(14)23)18-13-26-22(25)21(18)17-12-24(2)20-10-6-4-8-15(17)20/h3-12H,13H2,1-2H3. The molecule has 0 radical (unpaired) electrons. The van der Waals surface area contributed by atoms with Gasteiger partial charge in [-0.3, -0.25) is 0 Å². The van der Waals surface area contributed by atoms with E-state index in [2.05, 4.69) is 39.6 Å². The van der Waals surface area contributed by atoms with Crippen molar-refractivity contribution in [2.24, 2.45) is 14.1 Å². The molecule has 128 valence electrons. The van der Waals surface area contributed by atoms with Crippen LogP contribution in [0.4, 0.5) is 0 Å². The van der Waals surface area contributed by atoms with Gasteiger partial charge in [0.25, 0.3) is 0 Å². The molecule has 0 saturated carbocycles. The van der Waals surface area contributed by atoms with Crippen LogP contribution in [0.25, 0.3) is 33.0 Å². The molecule has 0 aliphatic carbocycles. The number of hydrogen-bond acceptors (Lipinski definition) is 2. The highest BCUT2D eigenvalue weighted by Gasteiger charge is 2.30. The van der Waals surface area contributed by atoms with Gasteiger partial charge in [-0.05, 0) is 12.1 Å². The van der Waals surface area contributed by atoms with Gasteiger partial charge in [0.2, 0.25) is 0 Å². The zero-order chi connectivity index (χ0) is 17.8. The smallest absolute Gasteiger partial charge is 0.339 e. The fourth-order valence-electron chi connectivity index (χ4n) is 4.01. The van der Waals surface area contributed by atoms with Crippen LogP contribution in [0.5, 0.6) is 0 Å². The number of esters is 1. The van der Waals surface area contributed by atoms with Gasteiger partial charge in [-0.2, -0.15) is 0 Å². The Morgan fingerprint density at radius 2 is 1.35 bits per heavy atom. The van der Waals surface area contributed by atoms with Crippen molar-refractivity contribution in [2.45, 2.75) is 0 Å². The van der Waals surface area contributed by atoms with E-state index in [0.717, 1.165) is 38.5 Å². The summed E-state index contributed by atoms with van der Waals surface area (Å²) in [5.41, 5.74) is 5.89. The molecule has 4 aromatic rings. The van der Waals surface area contributed by atoms with E-state index < -0.39 is 0 Å². The quantitative estimate of drug-likeness (QED) is 0.513. The molecule has 4 nitrogen and oxygen atoms in total. The zero-order valence-electron chi connectivity index (χ0n) is 14.7. The molecule has 2 aromatic heterocycles. The summed E-state index contributed by atoms with van der Waals surface area (Å²) >= 11 is 0. The summed E-state index contributed by atoms with van der Waals surface area (Å²) in [6.07, 6.45) is 4.12. The lowest BCUT2D eigenvalue weighted by molar-refractivity contribution is -0.133. The summed E-state index contributed by atoms with van der Waals surface area (Å²) in [7, 11) is 4.03. The lowest BCUT2D eigenvalue weighted by Crippen LogP contribution is -1.98. The van der Waals surface area contributed by atoms with Crippen molar-refractivity contribution < 1.29 is 9.53 Å². The second-order valence-electron chi connectivity index (χ2n) is 6.77. The second kappa shape index (κ2) is 5.36. The van der Waals surface area contributed by atoms with E-state index in [0.29, 0.717) is 12.2 Å². The molecule has 0 saturated heterocycles. The predicted octanol–water partition coefficient (Wildman–Crippen LogP) is 4.14. The van der Waals surface area contributed by atoms with Crippen molar-refractivity contribution in [3.05, 3.63) is 72.1 Å². The van der Waals surface area contributed by atoms with Gasteiger partial charge in [-0.25, -0.2) is 4.79 Å². The molecule has 0 N–H and O–H groups in total. The first-order chi connectivity index (χ1) is 12.6. The highest BCUT2D eigenvalue weighted by Crippen LogP contribution is 2.39. The Balaban J connectivity index is 1.84. The van der Waals surface area contributed by atoms with Crippen LogP contribution >= 0.6 is 0 Å². The van der Waals surface area contributed by atoms with Crippen molar-refractivity contribution in [3.63, 3.8) is 0 Å². The molecule has 5 rings (SSSR count). The lowest BCUT2D eigenvalue weighted by atomic mass is 9.96. The molecule has 0 atom stereocenters. The van der Waals surface area contributed by atoms with Gasteiger partial charge in [0.1, 0.15) is 6.61 Å². The first-order valence-corrected chi connectivity index (χ1v) is 8.64. The van der Waals surface area contributed by atoms with Crippen LogP contribution in [0.15, 0.2) is 60.9 Å². The Morgan fingerprint density at radius 1 is 0.808 bits per heavy atom. The van der Waals surface area contributed by atoms with Crippen LogP contribution in [-0.2, 0) is 23.6 Å². The summed E-state index contributed by atoms with van der Waals surface area (Å²) in [4.78, 5) is 12.7. The second-order valence-corrected chi connectivity index (χ2v) is 6.77. The molecule has 0 bridgehead atoms. The molecule has 0 unspecified atom stereocenters. The molecule has 1 aliphatic rings. The number of para-hydroxylation sites is 2. The van der Waals surface area contributed by atoms with Gasteiger partial charge >= 0.3 is 5.97 Å². The number of fused-ring (bicyclic) bond motifs is 2. The summed E-state index contributed by atoms with van der Waals surface area (Å²) in [5.74, 6) is -0.246. The van der Waals surface area contributed by atoms with Crippen LogP contribution in [0.2, 0.25) is 0 Å². The Morgan fingerprint density at radius 3 is 2.00 bits per heavy atom. The van der Waals surface area contributed by atoms with E-state index in [4.69, 9.17) is 4.74 Å². The van der Waals surface area contributed by atoms with Crippen LogP contribution < -0.4 is 0 Å². The first kappa shape index (κ1) is 15.0. The SMILES string of the molecule is Cn1cc(C2=C(c3cn(C)c4ccccc34)C(=O)OC2)c2ccccc21. The Hall–Kier alpha value is -3.27. The molecule has 26 heavy (non-hydrogen) atoms. The topological polar surface area (TPSA) is 36.2 Å². The van der Waals surface area contributed by atoms with Crippen molar-refractivity contribution >= 4 is 38.9 Å². The number of carbonyl (C=O) groups excluding carboxylic acids is 1. The Kier molecular flexibility index (Phi) is 3.10. The molecule has 0 spiro atoms. The summed E-state index contributed by atoms with van der Waals surface area (Å²) in [6, 6.07) is 16.4. The molecular weight excluding hydrogens is 324 g/mol. The van der Waals surface area contributed by atoms with E-state index in [9.17, 15) is 4.79 Å². The molecule has 0 fully saturated rings. The largest absolute Gasteiger partial charge is 0.457 e. The highest BCUT2D eigenvalue weighted by atomic mass is 16.5. The number of ether oxygens (including phenoxy) is 1. The number of hydrogen-bond donors (Lipinski definition) is 0. The van der Waals surface area contributed by atoms with Crippen molar-refractivity contribution in [1.82, 2.24) is 9.13 Å². The highest BCUT2D eigenvalue weighted by molar-refractivity contribution is 6.30. The van der Waals surface area contributed by atoms with E-state index >= 15 is 0 Å². The third-order valence-corrected chi connectivity index (χ3v) is 5.24. The zero-order valence-corrected chi connectivity index (χ0v) is 14.7. The normalized spacial score (nSPS) is 14.6. The molecule has 1 aliphatic heterocycles. The number of aryl methyl sites for hydroxylation is 2. The van der Waals surface area contributed by atoms with Crippen molar-refractivity contribution in [2.75, 3.05) is 6.61 Å². The van der Waals surface area contributed by atoms with E-state index in [1.165, 1.54) is 0 Å². The maximum atomic E-state index is 12.7. The lowest BCUT2D eigenvalue weighted by Gasteiger charge is -2.02. The molecule has 0 amide bonds. The number of nitrogens with zero attached hydrogens (tertiary/aromatic N) is 2. The number of benzene rings is 2. The number of rotatable bonds is 2. The third-order valence-electron chi connectivity index (χ3n) is 5.24. The number of aromatic nitrogens is 2. The van der Waals surface area contributed by atoms with Gasteiger partial charge in [0.05, 0.1) is 5.57 Å². The van der Waals surface area contributed by atoms with E-state index in [1.54, 1.807) is 0 Å². The van der Waals surface area contributed by atoms with Crippen LogP contribution in [-0.4, -0.2) is 21.7 Å². The van der Waals surface area contributed by atoms with Gasteiger partial charge < -0.3 is 13.9 Å². The monoisotopic (exact) mass is 342 g/mol. The maximum Gasteiger partial charge on any atom is 0.339 e. The van der Waals surface area contributed by atoms with Crippen LogP contribution in [0, 0.1) is 0 Å². The third kappa shape index (κ3) is 1.99. The Bertz CT molecular complexity index is 1220. The van der Waals surface area contributed by atoms with Gasteiger partial charge in [-0.1, -0.05) is 36.4 Å². The van der Waals surface area contributed by atoms with E-state index in [1.807, 2.05) is 44.6 Å². The maximum absolute atomic E-state index is 12.7. The number of cyclic esters (lactones) is 1. The molecule has 4 heteroatoms. The number of carbonyl (C=O) groups is 1. The van der Waals surface area contributed by atoms with E-state index in [-0.39, 0.29) is 5.97 Å². The molecular formula is C22H18N2O2. The minimum absolute atomic E-state index is 0.246. The van der Waals surface area contributed by atoms with Crippen molar-refractivity contribution in [3.8, 4) is 0 Å². The van der Waals surface area contributed by atoms with Gasteiger partial charge in [-0.15, -0.1) is 0 Å². The Labute approximate surface area is 150 Å². The fourth-order valence-corrected chi connectivity index (χ4v) is 4.01. The summed E-state index contributed by atoms with van der Waals surface area (Å²) < 4.78 is 9.63. The minimum atomic E-state index is -0.246. The van der Waals surface area contributed by atoms with Crippen LogP contribution in [0.3, 0.4) is 0 Å². The summed E-state index contributed by atoms with van der Waals surface area (Å²) in [6.45, 7) is 0.311. The average molecular weight is 342 g/mol.